The van der Waals surface area contributed by atoms with Crippen LogP contribution in [0.15, 0.2) is 29.4 Å². The normalized spacial score (nSPS) is 25.4. The number of nitrogens with zero attached hydrogens (tertiary/aromatic N) is 2. The van der Waals surface area contributed by atoms with E-state index in [2.05, 4.69) is 55.5 Å². The second-order valence-corrected chi connectivity index (χ2v) is 8.31. The second-order valence-electron chi connectivity index (χ2n) is 8.31. The number of rotatable bonds is 6. The smallest absolute Gasteiger partial charge is 0.243 e. The monoisotopic (exact) mass is 383 g/mol. The van der Waals surface area contributed by atoms with Crippen LogP contribution in [0.5, 0.6) is 0 Å². The van der Waals surface area contributed by atoms with Gasteiger partial charge in [0.1, 0.15) is 0 Å². The molecule has 1 aliphatic heterocycles. The number of hydrazone groups is 1. The van der Waals surface area contributed by atoms with Gasteiger partial charge in [-0.05, 0) is 35.8 Å². The number of carbonyl (C=O) groups excluding carboxylic acids is 2. The van der Waals surface area contributed by atoms with Gasteiger partial charge in [-0.25, -0.2) is 5.01 Å². The van der Waals surface area contributed by atoms with E-state index in [1.165, 1.54) is 23.4 Å². The number of carbonyl (C=O) groups is 2. The fourth-order valence-corrected chi connectivity index (χ4v) is 4.19. The molecule has 1 aromatic carbocycles. The molecule has 1 fully saturated rings. The Kier molecular flexibility index (Phi) is 6.87. The van der Waals surface area contributed by atoms with Crippen molar-refractivity contribution in [3.05, 3.63) is 35.4 Å². The third-order valence-electron chi connectivity index (χ3n) is 6.40. The molecule has 0 aromatic heterocycles. The molecule has 0 saturated heterocycles. The summed E-state index contributed by atoms with van der Waals surface area (Å²) in [6.07, 6.45) is 5.88. The Morgan fingerprint density at radius 1 is 1.18 bits per heavy atom. The van der Waals surface area contributed by atoms with Gasteiger partial charge < -0.3 is 5.32 Å². The van der Waals surface area contributed by atoms with E-state index < -0.39 is 0 Å². The van der Waals surface area contributed by atoms with Gasteiger partial charge in [0, 0.05) is 25.3 Å². The summed E-state index contributed by atoms with van der Waals surface area (Å²) < 4.78 is 0. The van der Waals surface area contributed by atoms with E-state index in [-0.39, 0.29) is 17.9 Å². The minimum Gasteiger partial charge on any atom is -0.353 e. The molecule has 3 unspecified atom stereocenters. The van der Waals surface area contributed by atoms with E-state index >= 15 is 0 Å². The van der Waals surface area contributed by atoms with Crippen molar-refractivity contribution in [2.24, 2.45) is 16.9 Å². The molecule has 5 heteroatoms. The molecule has 5 nitrogen and oxygen atoms in total. The van der Waals surface area contributed by atoms with E-state index in [0.717, 1.165) is 24.1 Å². The summed E-state index contributed by atoms with van der Waals surface area (Å²) in [6, 6.07) is 8.62. The molecule has 1 N–H and O–H groups in total. The first kappa shape index (κ1) is 20.6. The third kappa shape index (κ3) is 5.00. The molecule has 1 aliphatic carbocycles. The Bertz CT molecular complexity index is 726. The predicted molar refractivity (Wildman–Crippen MR) is 112 cm³/mol. The fourth-order valence-electron chi connectivity index (χ4n) is 4.19. The van der Waals surface area contributed by atoms with Gasteiger partial charge in [0.05, 0.1) is 12.3 Å². The van der Waals surface area contributed by atoms with Gasteiger partial charge in [0.15, 0.2) is 0 Å². The van der Waals surface area contributed by atoms with Crippen molar-refractivity contribution < 1.29 is 9.59 Å². The molecule has 3 atom stereocenters. The van der Waals surface area contributed by atoms with E-state index in [9.17, 15) is 9.59 Å². The van der Waals surface area contributed by atoms with E-state index in [0.29, 0.717) is 37.6 Å². The van der Waals surface area contributed by atoms with Crippen molar-refractivity contribution in [1.29, 1.82) is 0 Å². The van der Waals surface area contributed by atoms with Crippen molar-refractivity contribution >= 4 is 17.5 Å². The molecule has 1 saturated carbocycles. The summed E-state index contributed by atoms with van der Waals surface area (Å²) in [7, 11) is 0. The van der Waals surface area contributed by atoms with Crippen LogP contribution in [0.25, 0.3) is 0 Å². The maximum Gasteiger partial charge on any atom is 0.243 e. The highest BCUT2D eigenvalue weighted by Gasteiger charge is 2.28. The van der Waals surface area contributed by atoms with Crippen molar-refractivity contribution in [2.75, 3.05) is 6.54 Å². The van der Waals surface area contributed by atoms with Crippen LogP contribution >= 0.6 is 0 Å². The zero-order valence-corrected chi connectivity index (χ0v) is 17.4. The molecule has 0 bridgehead atoms. The average molecular weight is 384 g/mol. The Hall–Kier alpha value is -2.17. The topological polar surface area (TPSA) is 61.8 Å². The largest absolute Gasteiger partial charge is 0.353 e. The number of aryl methyl sites for hydroxylation is 1. The summed E-state index contributed by atoms with van der Waals surface area (Å²) in [5.41, 5.74) is 3.28. The average Bonchev–Trinajstić information content (AvgIpc) is 2.71. The van der Waals surface area contributed by atoms with Crippen LogP contribution in [0, 0.1) is 11.8 Å². The summed E-state index contributed by atoms with van der Waals surface area (Å²) in [4.78, 5) is 24.7. The summed E-state index contributed by atoms with van der Waals surface area (Å²) in [5.74, 6) is 1.17. The van der Waals surface area contributed by atoms with Crippen LogP contribution in [0.3, 0.4) is 0 Å². The van der Waals surface area contributed by atoms with Gasteiger partial charge in [0.2, 0.25) is 11.8 Å². The number of amides is 2. The first-order chi connectivity index (χ1) is 13.5. The molecule has 0 spiro atoms. The highest BCUT2D eigenvalue weighted by molar-refractivity contribution is 6.04. The lowest BCUT2D eigenvalue weighted by molar-refractivity contribution is -0.132. The van der Waals surface area contributed by atoms with Gasteiger partial charge in [0.25, 0.3) is 0 Å². The SMILES string of the molecule is CCc1ccc(C2=NN(CCC(=O)NC3CCCC(C)C3C)C(=O)CC2)cc1. The zero-order chi connectivity index (χ0) is 20.1. The Morgan fingerprint density at radius 3 is 2.64 bits per heavy atom. The lowest BCUT2D eigenvalue weighted by atomic mass is 9.78. The highest BCUT2D eigenvalue weighted by atomic mass is 16.2. The van der Waals surface area contributed by atoms with Gasteiger partial charge in [-0.15, -0.1) is 0 Å². The predicted octanol–water partition coefficient (Wildman–Crippen LogP) is 3.91. The van der Waals surface area contributed by atoms with Gasteiger partial charge in [-0.2, -0.15) is 5.10 Å². The van der Waals surface area contributed by atoms with Crippen LogP contribution in [-0.4, -0.2) is 35.1 Å². The number of benzene rings is 1. The molecule has 2 amide bonds. The number of nitrogens with one attached hydrogen (secondary N) is 1. The molecule has 152 valence electrons. The maximum atomic E-state index is 12.4. The fraction of sp³-hybridized carbons (Fsp3) is 0.609. The van der Waals surface area contributed by atoms with E-state index in [4.69, 9.17) is 0 Å². The van der Waals surface area contributed by atoms with Gasteiger partial charge in [-0.1, -0.05) is 57.9 Å². The lowest BCUT2D eigenvalue weighted by Gasteiger charge is -2.34. The molecule has 0 radical (unpaired) electrons. The minimum absolute atomic E-state index is 0.00128. The highest BCUT2D eigenvalue weighted by Crippen LogP contribution is 2.29. The van der Waals surface area contributed by atoms with Crippen LogP contribution in [0.4, 0.5) is 0 Å². The van der Waals surface area contributed by atoms with Crippen LogP contribution in [0.2, 0.25) is 0 Å². The summed E-state index contributed by atoms with van der Waals surface area (Å²) in [5, 5.41) is 9.22. The third-order valence-corrected chi connectivity index (χ3v) is 6.40. The Morgan fingerprint density at radius 2 is 1.93 bits per heavy atom. The molecule has 2 aliphatic rings. The molecular weight excluding hydrogens is 350 g/mol. The van der Waals surface area contributed by atoms with Crippen molar-refractivity contribution in [3.63, 3.8) is 0 Å². The van der Waals surface area contributed by atoms with Crippen LogP contribution in [-0.2, 0) is 16.0 Å². The number of hydrogen-bond acceptors (Lipinski definition) is 3. The Labute approximate surface area is 168 Å². The maximum absolute atomic E-state index is 12.4. The minimum atomic E-state index is 0.00128. The van der Waals surface area contributed by atoms with E-state index in [1.54, 1.807) is 0 Å². The lowest BCUT2D eigenvalue weighted by Crippen LogP contribution is -2.44. The van der Waals surface area contributed by atoms with Crippen molar-refractivity contribution in [1.82, 2.24) is 10.3 Å². The van der Waals surface area contributed by atoms with Gasteiger partial charge in [-0.3, -0.25) is 9.59 Å². The van der Waals surface area contributed by atoms with Crippen LogP contribution in [0.1, 0.15) is 70.4 Å². The summed E-state index contributed by atoms with van der Waals surface area (Å²) >= 11 is 0. The molecule has 1 aromatic rings. The first-order valence-corrected chi connectivity index (χ1v) is 10.7. The van der Waals surface area contributed by atoms with E-state index in [1.807, 2.05) is 0 Å². The van der Waals surface area contributed by atoms with Crippen molar-refractivity contribution in [2.45, 2.75) is 71.8 Å². The van der Waals surface area contributed by atoms with Gasteiger partial charge >= 0.3 is 0 Å². The standard InChI is InChI=1S/C23H33N3O2/c1-4-18-8-10-19(11-9-18)21-12-13-23(28)26(25-21)15-14-22(27)24-20-7-5-6-16(2)17(20)3/h8-11,16-17,20H,4-7,12-15H2,1-3H3,(H,24,27). The molecule has 3 rings (SSSR count). The molecule has 28 heavy (non-hydrogen) atoms. The zero-order valence-electron chi connectivity index (χ0n) is 17.4. The first-order valence-electron chi connectivity index (χ1n) is 10.7. The Balaban J connectivity index is 1.57. The second kappa shape index (κ2) is 9.35. The molecule has 1 heterocycles. The quantitative estimate of drug-likeness (QED) is 0.810. The van der Waals surface area contributed by atoms with Crippen LogP contribution < -0.4 is 5.32 Å². The van der Waals surface area contributed by atoms with Crippen molar-refractivity contribution in [3.8, 4) is 0 Å². The molecular formula is C23H33N3O2. The number of hydrogen-bond donors (Lipinski definition) is 1. The summed E-state index contributed by atoms with van der Waals surface area (Å²) in [6.45, 7) is 6.97.